The van der Waals surface area contributed by atoms with Crippen LogP contribution in [0.25, 0.3) is 0 Å². The third kappa shape index (κ3) is 4.70. The molecule has 1 rings (SSSR count). The van der Waals surface area contributed by atoms with E-state index in [1.54, 1.807) is 0 Å². The topological polar surface area (TPSA) is 87.7 Å². The van der Waals surface area contributed by atoms with Crippen LogP contribution in [-0.4, -0.2) is 48.3 Å². The fraction of sp³-hybridized carbons (Fsp3) is 0.818. The molecule has 0 radical (unpaired) electrons. The Morgan fingerprint density at radius 1 is 1.35 bits per heavy atom. The van der Waals surface area contributed by atoms with Gasteiger partial charge in [0.2, 0.25) is 5.91 Å². The number of amides is 1. The number of hydrogen-bond acceptors (Lipinski definition) is 4. The highest BCUT2D eigenvalue weighted by atomic mass is 16.5. The lowest BCUT2D eigenvalue weighted by Gasteiger charge is -2.21. The fourth-order valence-corrected chi connectivity index (χ4v) is 1.54. The summed E-state index contributed by atoms with van der Waals surface area (Å²) in [7, 11) is 0. The van der Waals surface area contributed by atoms with Crippen LogP contribution in [0.2, 0.25) is 0 Å². The summed E-state index contributed by atoms with van der Waals surface area (Å²) in [6.45, 7) is 6.47. The minimum absolute atomic E-state index is 0.143. The van der Waals surface area contributed by atoms with Crippen molar-refractivity contribution in [2.24, 2.45) is 5.92 Å². The Kier molecular flexibility index (Phi) is 4.47. The molecule has 0 aromatic heterocycles. The molecule has 0 aromatic rings. The van der Waals surface area contributed by atoms with E-state index in [4.69, 9.17) is 9.84 Å². The molecule has 0 saturated carbocycles. The summed E-state index contributed by atoms with van der Waals surface area (Å²) in [5.41, 5.74) is -0.143. The van der Waals surface area contributed by atoms with Crippen molar-refractivity contribution in [3.05, 3.63) is 0 Å². The van der Waals surface area contributed by atoms with Gasteiger partial charge in [-0.2, -0.15) is 0 Å². The minimum atomic E-state index is -0.934. The van der Waals surface area contributed by atoms with Crippen molar-refractivity contribution in [3.63, 3.8) is 0 Å². The first-order valence-electron chi connectivity index (χ1n) is 5.64. The van der Waals surface area contributed by atoms with Crippen molar-refractivity contribution in [2.45, 2.75) is 32.4 Å². The molecule has 2 unspecified atom stereocenters. The van der Waals surface area contributed by atoms with Gasteiger partial charge in [0.15, 0.2) is 0 Å². The molecular weight excluding hydrogens is 224 g/mol. The van der Waals surface area contributed by atoms with Crippen molar-refractivity contribution in [1.29, 1.82) is 0 Å². The number of carbonyl (C=O) groups is 2. The van der Waals surface area contributed by atoms with Crippen LogP contribution in [0.3, 0.4) is 0 Å². The molecule has 0 bridgehead atoms. The molecule has 98 valence electrons. The van der Waals surface area contributed by atoms with Gasteiger partial charge >= 0.3 is 5.97 Å². The predicted octanol–water partition coefficient (Wildman–Crippen LogP) is -0.410. The van der Waals surface area contributed by atoms with E-state index in [1.165, 1.54) is 0 Å². The maximum Gasteiger partial charge on any atom is 0.311 e. The van der Waals surface area contributed by atoms with Crippen molar-refractivity contribution in [1.82, 2.24) is 10.6 Å². The van der Waals surface area contributed by atoms with Crippen LogP contribution in [0, 0.1) is 5.92 Å². The molecule has 6 heteroatoms. The maximum atomic E-state index is 11.6. The molecule has 3 N–H and O–H groups in total. The first-order chi connectivity index (χ1) is 7.79. The molecule has 1 saturated heterocycles. The quantitative estimate of drug-likeness (QED) is 0.626. The summed E-state index contributed by atoms with van der Waals surface area (Å²) in [5, 5.41) is 14.6. The lowest BCUT2D eigenvalue weighted by molar-refractivity contribution is -0.142. The lowest BCUT2D eigenvalue weighted by atomic mass is 10.0. The number of aliphatic carboxylic acids is 1. The van der Waals surface area contributed by atoms with Gasteiger partial charge < -0.3 is 20.5 Å². The summed E-state index contributed by atoms with van der Waals surface area (Å²) in [6.07, 6.45) is 0. The highest BCUT2D eigenvalue weighted by Crippen LogP contribution is 2.13. The Bertz CT molecular complexity index is 298. The summed E-state index contributed by atoms with van der Waals surface area (Å²) in [6, 6.07) is -0.429. The smallest absolute Gasteiger partial charge is 0.311 e. The van der Waals surface area contributed by atoms with Gasteiger partial charge in [-0.05, 0) is 20.8 Å². The molecule has 2 atom stereocenters. The Morgan fingerprint density at radius 2 is 2.00 bits per heavy atom. The second-order valence-corrected chi connectivity index (χ2v) is 5.26. The Hall–Kier alpha value is -1.14. The van der Waals surface area contributed by atoms with E-state index in [9.17, 15) is 9.59 Å². The SMILES string of the molecule is CC(C)(C)NCC(=O)NC1COCC1C(=O)O. The zero-order valence-electron chi connectivity index (χ0n) is 10.4. The molecule has 17 heavy (non-hydrogen) atoms. The molecule has 1 heterocycles. The number of rotatable bonds is 4. The van der Waals surface area contributed by atoms with Gasteiger partial charge in [0.1, 0.15) is 5.92 Å². The van der Waals surface area contributed by atoms with Gasteiger partial charge in [0, 0.05) is 5.54 Å². The van der Waals surface area contributed by atoms with Gasteiger partial charge in [-0.1, -0.05) is 0 Å². The summed E-state index contributed by atoms with van der Waals surface area (Å²) in [4.78, 5) is 22.5. The molecule has 0 aliphatic carbocycles. The average molecular weight is 244 g/mol. The third-order valence-electron chi connectivity index (χ3n) is 2.52. The first-order valence-corrected chi connectivity index (χ1v) is 5.64. The van der Waals surface area contributed by atoms with Crippen LogP contribution in [0.15, 0.2) is 0 Å². The minimum Gasteiger partial charge on any atom is -0.481 e. The fourth-order valence-electron chi connectivity index (χ4n) is 1.54. The van der Waals surface area contributed by atoms with Crippen molar-refractivity contribution in [3.8, 4) is 0 Å². The average Bonchev–Trinajstić information content (AvgIpc) is 2.62. The molecule has 1 aliphatic heterocycles. The molecule has 1 aliphatic rings. The van der Waals surface area contributed by atoms with Crippen molar-refractivity contribution in [2.75, 3.05) is 19.8 Å². The van der Waals surface area contributed by atoms with Gasteiger partial charge in [-0.25, -0.2) is 0 Å². The highest BCUT2D eigenvalue weighted by Gasteiger charge is 2.34. The Labute approximate surface area is 101 Å². The lowest BCUT2D eigenvalue weighted by Crippen LogP contribution is -2.48. The Balaban J connectivity index is 2.38. The van der Waals surface area contributed by atoms with E-state index >= 15 is 0 Å². The molecule has 0 aromatic carbocycles. The number of hydrogen-bond donors (Lipinski definition) is 3. The van der Waals surface area contributed by atoms with E-state index in [1.807, 2.05) is 20.8 Å². The van der Waals surface area contributed by atoms with E-state index in [0.717, 1.165) is 0 Å². The van der Waals surface area contributed by atoms with Crippen molar-refractivity contribution >= 4 is 11.9 Å². The van der Waals surface area contributed by atoms with Gasteiger partial charge in [-0.15, -0.1) is 0 Å². The number of nitrogens with one attached hydrogen (secondary N) is 2. The third-order valence-corrected chi connectivity index (χ3v) is 2.52. The molecular formula is C11H20N2O4. The monoisotopic (exact) mass is 244 g/mol. The van der Waals surface area contributed by atoms with E-state index in [2.05, 4.69) is 10.6 Å². The second kappa shape index (κ2) is 5.46. The van der Waals surface area contributed by atoms with Crippen LogP contribution < -0.4 is 10.6 Å². The van der Waals surface area contributed by atoms with E-state index < -0.39 is 17.9 Å². The zero-order valence-corrected chi connectivity index (χ0v) is 10.4. The van der Waals surface area contributed by atoms with E-state index in [-0.39, 0.29) is 31.2 Å². The first kappa shape index (κ1) is 13.9. The maximum absolute atomic E-state index is 11.6. The number of ether oxygens (including phenoxy) is 1. The largest absolute Gasteiger partial charge is 0.481 e. The summed E-state index contributed by atoms with van der Waals surface area (Å²) in [5.74, 6) is -1.79. The van der Waals surface area contributed by atoms with Gasteiger partial charge in [-0.3, -0.25) is 9.59 Å². The normalized spacial score (nSPS) is 24.6. The molecule has 1 amide bonds. The highest BCUT2D eigenvalue weighted by molar-refractivity contribution is 5.80. The standard InChI is InChI=1S/C11H20N2O4/c1-11(2,3)12-4-9(14)13-8-6-17-5-7(8)10(15)16/h7-8,12H,4-6H2,1-3H3,(H,13,14)(H,15,16). The van der Waals surface area contributed by atoms with Crippen LogP contribution in [-0.2, 0) is 14.3 Å². The molecule has 0 spiro atoms. The number of carboxylic acid groups (broad SMARTS) is 1. The van der Waals surface area contributed by atoms with Crippen LogP contribution in [0.4, 0.5) is 0 Å². The predicted molar refractivity (Wildman–Crippen MR) is 61.6 cm³/mol. The van der Waals surface area contributed by atoms with Crippen LogP contribution in [0.5, 0.6) is 0 Å². The van der Waals surface area contributed by atoms with Gasteiger partial charge in [0.25, 0.3) is 0 Å². The Morgan fingerprint density at radius 3 is 2.53 bits per heavy atom. The zero-order chi connectivity index (χ0) is 13.1. The summed E-state index contributed by atoms with van der Waals surface area (Å²) < 4.78 is 5.06. The van der Waals surface area contributed by atoms with Gasteiger partial charge in [0.05, 0.1) is 25.8 Å². The molecule has 6 nitrogen and oxygen atoms in total. The van der Waals surface area contributed by atoms with Crippen molar-refractivity contribution < 1.29 is 19.4 Å². The number of carbonyl (C=O) groups excluding carboxylic acids is 1. The van der Waals surface area contributed by atoms with E-state index in [0.29, 0.717) is 0 Å². The second-order valence-electron chi connectivity index (χ2n) is 5.26. The van der Waals surface area contributed by atoms with Crippen LogP contribution >= 0.6 is 0 Å². The molecule has 1 fully saturated rings. The number of carboxylic acids is 1. The summed E-state index contributed by atoms with van der Waals surface area (Å²) >= 11 is 0. The van der Waals surface area contributed by atoms with Crippen LogP contribution in [0.1, 0.15) is 20.8 Å².